The van der Waals surface area contributed by atoms with Gasteiger partial charge in [-0.3, -0.25) is 19.9 Å². The lowest BCUT2D eigenvalue weighted by Gasteiger charge is -2.32. The summed E-state index contributed by atoms with van der Waals surface area (Å²) in [7, 11) is -0.468. The molecule has 8 aromatic rings. The second kappa shape index (κ2) is 22.2. The Bertz CT molecular complexity index is 3250. The Morgan fingerprint density at radius 3 is 1.51 bits per heavy atom. The Balaban J connectivity index is 0.000000190. The molecule has 0 spiro atoms. The molecule has 12 nitrogen and oxygen atoms in total. The van der Waals surface area contributed by atoms with E-state index in [2.05, 4.69) is 103 Å². The highest BCUT2D eigenvalue weighted by Gasteiger charge is 2.51. The number of aromatic nitrogens is 4. The minimum Gasteiger partial charge on any atom is -0.399 e. The second-order valence-corrected chi connectivity index (χ2v) is 18.0. The van der Waals surface area contributed by atoms with E-state index < -0.39 is 18.3 Å². The molecule has 342 valence electrons. The van der Waals surface area contributed by atoms with Crippen molar-refractivity contribution in [2.45, 2.75) is 72.3 Å². The fraction of sp³-hybridized carbons (Fsp3) is 0.200. The van der Waals surface area contributed by atoms with Gasteiger partial charge in [-0.25, -0.2) is 0 Å². The Morgan fingerprint density at radius 1 is 0.551 bits per heavy atom. The summed E-state index contributed by atoms with van der Waals surface area (Å²) in [5.41, 5.74) is 9.32. The summed E-state index contributed by atoms with van der Waals surface area (Å²) >= 11 is 3.19. The van der Waals surface area contributed by atoms with Crippen molar-refractivity contribution in [2.24, 2.45) is 0 Å². The third kappa shape index (κ3) is 11.8. The van der Waals surface area contributed by atoms with Crippen LogP contribution in [0.3, 0.4) is 0 Å². The lowest BCUT2D eigenvalue weighted by molar-refractivity contribution is 0.00578. The van der Waals surface area contributed by atoms with Gasteiger partial charge in [0.1, 0.15) is 24.3 Å². The first-order valence-electron chi connectivity index (χ1n) is 21.7. The van der Waals surface area contributed by atoms with Crippen LogP contribution < -0.4 is 16.1 Å². The van der Waals surface area contributed by atoms with Gasteiger partial charge in [-0.05, 0) is 110 Å². The Kier molecular flexibility index (Phi) is 16.2. The van der Waals surface area contributed by atoms with Crippen molar-refractivity contribution in [3.05, 3.63) is 184 Å². The van der Waals surface area contributed by atoms with Crippen LogP contribution in [0.15, 0.2) is 151 Å². The highest BCUT2D eigenvalue weighted by Crippen LogP contribution is 2.38. The molecule has 2 unspecified atom stereocenters. The molecule has 1 aliphatic heterocycles. The van der Waals surface area contributed by atoms with Gasteiger partial charge in [0, 0.05) is 70.1 Å². The zero-order chi connectivity index (χ0) is 48.4. The maximum absolute atomic E-state index is 9.70. The molecule has 0 aliphatic carbocycles. The van der Waals surface area contributed by atoms with Crippen LogP contribution in [0, 0.1) is 45.3 Å². The van der Waals surface area contributed by atoms with Crippen molar-refractivity contribution in [1.29, 1.82) is 21.0 Å². The lowest BCUT2D eigenvalue weighted by Crippen LogP contribution is -2.41. The molecule has 9 rings (SSSR count). The molecule has 4 aromatic carbocycles. The number of hydrogen-bond acceptors (Lipinski definition) is 12. The van der Waals surface area contributed by atoms with Crippen molar-refractivity contribution < 1.29 is 9.31 Å². The van der Waals surface area contributed by atoms with Crippen LogP contribution in [0.25, 0.3) is 32.9 Å². The summed E-state index contributed by atoms with van der Waals surface area (Å²) < 4.78 is 13.3. The first-order chi connectivity index (χ1) is 32.7. The van der Waals surface area contributed by atoms with E-state index in [1.165, 1.54) is 12.4 Å². The van der Waals surface area contributed by atoms with E-state index in [0.29, 0.717) is 22.3 Å². The molecular formula is C55H50BBrN10O2. The van der Waals surface area contributed by atoms with E-state index in [-0.39, 0.29) is 19.5 Å². The number of halogens is 1. The van der Waals surface area contributed by atoms with Crippen molar-refractivity contribution in [3.63, 3.8) is 0 Å². The van der Waals surface area contributed by atoms with Gasteiger partial charge in [0.05, 0.1) is 55.9 Å². The molecule has 2 atom stereocenters. The molecule has 2 N–H and O–H groups in total. The van der Waals surface area contributed by atoms with Crippen LogP contribution in [0.1, 0.15) is 94.4 Å². The van der Waals surface area contributed by atoms with Crippen LogP contribution in [0.2, 0.25) is 0 Å². The van der Waals surface area contributed by atoms with E-state index in [1.54, 1.807) is 36.9 Å². The van der Waals surface area contributed by atoms with E-state index in [4.69, 9.17) is 19.8 Å². The standard InChI is InChI=1S/C24H26BN3O2.C24H17N5.C6H3BrN2.CH4/c1-16(17-9-7-6-8-10-17)28-22-18(14-26)15-27-21-12-11-19(13-20(21)22)25-29-23(2,3)24(4,5)30-25;1-16(18-5-3-2-4-6-18)29-24-21(12-26)15-28-23-8-7-19(10-22(23)24)20-9-17(11-25)13-27-14-20;7-6-1-5(2-8)3-9-4-6;/h6-13,15-16H,1-5H3,(H,27,28);2-10,13-16H,1H3,(H,28,29);1,3-4H;1H4. The predicted molar refractivity (Wildman–Crippen MR) is 277 cm³/mol. The van der Waals surface area contributed by atoms with Crippen molar-refractivity contribution >= 4 is 61.7 Å². The van der Waals surface area contributed by atoms with Crippen LogP contribution in [0.4, 0.5) is 11.4 Å². The van der Waals surface area contributed by atoms with Gasteiger partial charge in [-0.15, -0.1) is 0 Å². The Hall–Kier alpha value is -7.98. The number of nitriles is 4. The van der Waals surface area contributed by atoms with E-state index in [9.17, 15) is 10.5 Å². The van der Waals surface area contributed by atoms with Crippen molar-refractivity contribution in [2.75, 3.05) is 10.6 Å². The van der Waals surface area contributed by atoms with Crippen LogP contribution in [-0.2, 0) is 9.31 Å². The number of fused-ring (bicyclic) bond motifs is 2. The van der Waals surface area contributed by atoms with Gasteiger partial charge in [0.15, 0.2) is 0 Å². The van der Waals surface area contributed by atoms with Gasteiger partial charge in [0.2, 0.25) is 0 Å². The van der Waals surface area contributed by atoms with Crippen molar-refractivity contribution in [3.8, 4) is 35.4 Å². The molecule has 1 aliphatic rings. The minimum atomic E-state index is -0.468. The molecular weight excluding hydrogens is 923 g/mol. The molecule has 5 heterocycles. The van der Waals surface area contributed by atoms with E-state index >= 15 is 0 Å². The van der Waals surface area contributed by atoms with Gasteiger partial charge < -0.3 is 19.9 Å². The summed E-state index contributed by atoms with van der Waals surface area (Å²) in [6, 6.07) is 44.2. The van der Waals surface area contributed by atoms with E-state index in [1.807, 2.05) is 107 Å². The molecule has 0 bridgehead atoms. The Morgan fingerprint density at radius 2 is 1.03 bits per heavy atom. The molecule has 0 radical (unpaired) electrons. The van der Waals surface area contributed by atoms with E-state index in [0.717, 1.165) is 65.4 Å². The number of benzene rings is 4. The fourth-order valence-corrected chi connectivity index (χ4v) is 7.77. The van der Waals surface area contributed by atoms with Gasteiger partial charge in [-0.2, -0.15) is 21.0 Å². The fourth-order valence-electron chi connectivity index (χ4n) is 7.40. The molecule has 0 saturated carbocycles. The summed E-state index contributed by atoms with van der Waals surface area (Å²) in [5.74, 6) is 0. The largest absolute Gasteiger partial charge is 0.494 e. The average Bonchev–Trinajstić information content (AvgIpc) is 3.59. The number of anilines is 2. The summed E-state index contributed by atoms with van der Waals surface area (Å²) in [5, 5.41) is 45.6. The van der Waals surface area contributed by atoms with Crippen LogP contribution in [-0.4, -0.2) is 38.3 Å². The van der Waals surface area contributed by atoms with Crippen LogP contribution in [0.5, 0.6) is 0 Å². The number of nitrogens with one attached hydrogen (secondary N) is 2. The molecule has 0 amide bonds. The summed E-state index contributed by atoms with van der Waals surface area (Å²) in [6.45, 7) is 12.3. The maximum Gasteiger partial charge on any atom is 0.494 e. The zero-order valence-electron chi connectivity index (χ0n) is 38.4. The predicted octanol–water partition coefficient (Wildman–Crippen LogP) is 12.1. The molecule has 1 fully saturated rings. The van der Waals surface area contributed by atoms with Crippen molar-refractivity contribution in [1.82, 2.24) is 19.9 Å². The number of hydrogen-bond donors (Lipinski definition) is 2. The minimum absolute atomic E-state index is 0. The normalized spacial score (nSPS) is 13.8. The number of pyridine rings is 4. The monoisotopic (exact) mass is 972 g/mol. The second-order valence-electron chi connectivity index (χ2n) is 17.0. The quantitative estimate of drug-likeness (QED) is 0.137. The topological polar surface area (TPSA) is 189 Å². The summed E-state index contributed by atoms with van der Waals surface area (Å²) in [6.07, 6.45) is 9.64. The third-order valence-electron chi connectivity index (χ3n) is 11.9. The maximum atomic E-state index is 9.70. The first kappa shape index (κ1) is 50.4. The highest BCUT2D eigenvalue weighted by molar-refractivity contribution is 9.10. The Labute approximate surface area is 412 Å². The van der Waals surface area contributed by atoms with Gasteiger partial charge in [0.25, 0.3) is 0 Å². The van der Waals surface area contributed by atoms with Gasteiger partial charge >= 0.3 is 7.12 Å². The SMILES string of the molecule is C.CC(Nc1c(C#N)cnc2ccc(-c3cncc(C#N)c3)cc12)c1ccccc1.CC(Nc1c(C#N)cnc2ccc(B3OC(C)(C)C(C)(C)O3)cc12)c1ccccc1.N#Cc1cncc(Br)c1. The van der Waals surface area contributed by atoms with Crippen LogP contribution >= 0.6 is 15.9 Å². The molecule has 69 heavy (non-hydrogen) atoms. The number of nitrogens with zero attached hydrogens (tertiary/aromatic N) is 8. The van der Waals surface area contributed by atoms with Gasteiger partial charge in [-0.1, -0.05) is 86.3 Å². The lowest BCUT2D eigenvalue weighted by atomic mass is 9.78. The third-order valence-corrected chi connectivity index (χ3v) is 12.3. The highest BCUT2D eigenvalue weighted by atomic mass is 79.9. The first-order valence-corrected chi connectivity index (χ1v) is 22.5. The average molecular weight is 974 g/mol. The number of rotatable bonds is 8. The molecule has 4 aromatic heterocycles. The summed E-state index contributed by atoms with van der Waals surface area (Å²) in [4.78, 5) is 16.8. The smallest absolute Gasteiger partial charge is 0.399 e. The molecule has 14 heteroatoms. The zero-order valence-corrected chi connectivity index (χ0v) is 39.9. The molecule has 1 saturated heterocycles.